The number of ether oxygens (including phenoxy) is 1. The van der Waals surface area contributed by atoms with Crippen molar-refractivity contribution in [3.05, 3.63) is 39.1 Å². The summed E-state index contributed by atoms with van der Waals surface area (Å²) in [7, 11) is 1.38. The van der Waals surface area contributed by atoms with Crippen molar-refractivity contribution in [2.24, 2.45) is 0 Å². The normalized spacial score (nSPS) is 15.1. The van der Waals surface area contributed by atoms with Gasteiger partial charge in [0.15, 0.2) is 0 Å². The van der Waals surface area contributed by atoms with Crippen molar-refractivity contribution in [3.8, 4) is 0 Å². The van der Waals surface area contributed by atoms with Gasteiger partial charge in [-0.25, -0.2) is 9.18 Å². The Kier molecular flexibility index (Phi) is 3.85. The van der Waals surface area contributed by atoms with Crippen molar-refractivity contribution in [2.75, 3.05) is 7.11 Å². The lowest BCUT2D eigenvalue weighted by Crippen LogP contribution is -2.06. The maximum Gasteiger partial charge on any atom is 0.334 e. The van der Waals surface area contributed by atoms with Crippen molar-refractivity contribution in [2.45, 2.75) is 26.2 Å². The van der Waals surface area contributed by atoms with E-state index in [9.17, 15) is 9.18 Å². The molecule has 0 bridgehead atoms. The third kappa shape index (κ3) is 2.34. The first-order chi connectivity index (χ1) is 8.54. The van der Waals surface area contributed by atoms with E-state index in [1.807, 2.05) is 6.92 Å². The molecule has 2 nitrogen and oxygen atoms in total. The van der Waals surface area contributed by atoms with Crippen LogP contribution in [0.1, 0.15) is 30.9 Å². The fraction of sp³-hybridized carbons (Fsp3) is 0.357. The number of hydrogen-bond donors (Lipinski definition) is 0. The average molecular weight is 313 g/mol. The Morgan fingerprint density at radius 1 is 1.39 bits per heavy atom. The van der Waals surface area contributed by atoms with Gasteiger partial charge in [0.05, 0.1) is 11.6 Å². The molecule has 0 radical (unpaired) electrons. The topological polar surface area (TPSA) is 26.3 Å². The molecule has 0 saturated heterocycles. The molecule has 4 heteroatoms. The molecular weight excluding hydrogens is 299 g/mol. The smallest absolute Gasteiger partial charge is 0.334 e. The Bertz CT molecular complexity index is 535. The van der Waals surface area contributed by atoms with Crippen LogP contribution in [0, 0.1) is 5.82 Å². The minimum absolute atomic E-state index is 0.261. The maximum absolute atomic E-state index is 13.5. The summed E-state index contributed by atoms with van der Waals surface area (Å²) < 4.78 is 18.8. The summed E-state index contributed by atoms with van der Waals surface area (Å²) in [5.74, 6) is -0.552. The van der Waals surface area contributed by atoms with Crippen LogP contribution in [0.15, 0.2) is 22.2 Å². The molecule has 1 aliphatic rings. The lowest BCUT2D eigenvalue weighted by molar-refractivity contribution is -0.136. The monoisotopic (exact) mass is 312 g/mol. The first-order valence-corrected chi connectivity index (χ1v) is 6.60. The Morgan fingerprint density at radius 3 is 2.78 bits per heavy atom. The average Bonchev–Trinajstić information content (AvgIpc) is 2.50. The maximum atomic E-state index is 13.5. The van der Waals surface area contributed by atoms with Crippen LogP contribution < -0.4 is 0 Å². The van der Waals surface area contributed by atoms with Crippen LogP contribution in [-0.2, 0) is 16.0 Å². The van der Waals surface area contributed by atoms with E-state index in [0.29, 0.717) is 16.5 Å². The fourth-order valence-corrected chi connectivity index (χ4v) is 2.67. The van der Waals surface area contributed by atoms with E-state index in [1.54, 1.807) is 12.1 Å². The minimum Gasteiger partial charge on any atom is -0.466 e. The SMILES string of the molecule is COC(=O)C1=C(C)c2cc(Br)c(F)cc2CCC1. The number of methoxy groups -OCH3 is 1. The molecule has 0 spiro atoms. The number of benzene rings is 1. The van der Waals surface area contributed by atoms with Gasteiger partial charge in [-0.15, -0.1) is 0 Å². The summed E-state index contributed by atoms with van der Waals surface area (Å²) in [6.45, 7) is 1.89. The number of allylic oxidation sites excluding steroid dienone is 1. The highest BCUT2D eigenvalue weighted by molar-refractivity contribution is 9.10. The minimum atomic E-state index is -0.291. The summed E-state index contributed by atoms with van der Waals surface area (Å²) in [5.41, 5.74) is 3.46. The third-order valence-electron chi connectivity index (χ3n) is 3.31. The fourth-order valence-electron chi connectivity index (χ4n) is 2.33. The molecule has 1 aromatic carbocycles. The van der Waals surface area contributed by atoms with E-state index < -0.39 is 0 Å². The van der Waals surface area contributed by atoms with Gasteiger partial charge in [-0.05, 0) is 70.9 Å². The Labute approximate surface area is 114 Å². The molecule has 0 unspecified atom stereocenters. The highest BCUT2D eigenvalue weighted by Crippen LogP contribution is 2.33. The van der Waals surface area contributed by atoms with Gasteiger partial charge in [0, 0.05) is 5.57 Å². The second kappa shape index (κ2) is 5.22. The zero-order chi connectivity index (χ0) is 13.3. The number of halogens is 2. The van der Waals surface area contributed by atoms with Crippen molar-refractivity contribution >= 4 is 27.5 Å². The highest BCUT2D eigenvalue weighted by Gasteiger charge is 2.20. The first-order valence-electron chi connectivity index (χ1n) is 5.81. The highest BCUT2D eigenvalue weighted by atomic mass is 79.9. The third-order valence-corrected chi connectivity index (χ3v) is 3.92. The lowest BCUT2D eigenvalue weighted by Gasteiger charge is -2.10. The van der Waals surface area contributed by atoms with E-state index in [1.165, 1.54) is 7.11 Å². The van der Waals surface area contributed by atoms with Crippen LogP contribution >= 0.6 is 15.9 Å². The molecule has 0 fully saturated rings. The Balaban J connectivity index is 2.59. The van der Waals surface area contributed by atoms with Gasteiger partial charge in [0.2, 0.25) is 0 Å². The van der Waals surface area contributed by atoms with Gasteiger partial charge in [-0.3, -0.25) is 0 Å². The van der Waals surface area contributed by atoms with Crippen molar-refractivity contribution in [1.29, 1.82) is 0 Å². The van der Waals surface area contributed by atoms with E-state index in [2.05, 4.69) is 15.9 Å². The summed E-state index contributed by atoms with van der Waals surface area (Å²) in [6, 6.07) is 3.29. The van der Waals surface area contributed by atoms with E-state index >= 15 is 0 Å². The van der Waals surface area contributed by atoms with Crippen molar-refractivity contribution in [1.82, 2.24) is 0 Å². The van der Waals surface area contributed by atoms with Gasteiger partial charge in [-0.1, -0.05) is 0 Å². The molecule has 0 saturated carbocycles. The molecule has 1 aliphatic carbocycles. The van der Waals surface area contributed by atoms with Crippen molar-refractivity contribution < 1.29 is 13.9 Å². The Morgan fingerprint density at radius 2 is 2.11 bits per heavy atom. The van der Waals surface area contributed by atoms with E-state index in [4.69, 9.17) is 4.74 Å². The molecular formula is C14H14BrFO2. The van der Waals surface area contributed by atoms with Crippen LogP contribution in [0.5, 0.6) is 0 Å². The van der Waals surface area contributed by atoms with E-state index in [-0.39, 0.29) is 11.8 Å². The van der Waals surface area contributed by atoms with Crippen molar-refractivity contribution in [3.63, 3.8) is 0 Å². The number of hydrogen-bond acceptors (Lipinski definition) is 2. The van der Waals surface area contributed by atoms with Crippen LogP contribution in [-0.4, -0.2) is 13.1 Å². The quantitative estimate of drug-likeness (QED) is 0.736. The summed E-state index contributed by atoms with van der Waals surface area (Å²) in [6.07, 6.45) is 2.28. The van der Waals surface area contributed by atoms with Crippen LogP contribution in [0.3, 0.4) is 0 Å². The van der Waals surface area contributed by atoms with Gasteiger partial charge >= 0.3 is 5.97 Å². The number of aryl methyl sites for hydroxylation is 1. The zero-order valence-corrected chi connectivity index (χ0v) is 11.9. The van der Waals surface area contributed by atoms with Gasteiger partial charge < -0.3 is 4.74 Å². The van der Waals surface area contributed by atoms with Gasteiger partial charge in [0.25, 0.3) is 0 Å². The lowest BCUT2D eigenvalue weighted by atomic mass is 9.98. The molecule has 0 N–H and O–H groups in total. The Hall–Kier alpha value is -1.16. The zero-order valence-electron chi connectivity index (χ0n) is 10.3. The van der Waals surface area contributed by atoms with Crippen LogP contribution in [0.25, 0.3) is 5.57 Å². The van der Waals surface area contributed by atoms with Crippen LogP contribution in [0.2, 0.25) is 0 Å². The standard InChI is InChI=1S/C14H14BrFO2/c1-8-10(14(17)18-2)5-3-4-9-6-13(16)12(15)7-11(8)9/h6-7H,3-5H2,1-2H3. The van der Waals surface area contributed by atoms with E-state index in [0.717, 1.165) is 29.5 Å². The largest absolute Gasteiger partial charge is 0.466 e. The molecule has 0 heterocycles. The number of rotatable bonds is 1. The first kappa shape index (κ1) is 13.3. The van der Waals surface area contributed by atoms with Gasteiger partial charge in [0.1, 0.15) is 5.82 Å². The number of carbonyl (C=O) groups excluding carboxylic acids is 1. The number of carbonyl (C=O) groups is 1. The molecule has 0 aliphatic heterocycles. The van der Waals surface area contributed by atoms with Crippen LogP contribution in [0.4, 0.5) is 4.39 Å². The second-order valence-electron chi connectivity index (χ2n) is 4.37. The number of fused-ring (bicyclic) bond motifs is 1. The molecule has 18 heavy (non-hydrogen) atoms. The predicted molar refractivity (Wildman–Crippen MR) is 71.6 cm³/mol. The van der Waals surface area contributed by atoms with Gasteiger partial charge in [-0.2, -0.15) is 0 Å². The molecule has 96 valence electrons. The summed E-state index contributed by atoms with van der Waals surface area (Å²) in [5, 5.41) is 0. The summed E-state index contributed by atoms with van der Waals surface area (Å²) >= 11 is 3.19. The summed E-state index contributed by atoms with van der Waals surface area (Å²) in [4.78, 5) is 11.7. The molecule has 0 amide bonds. The molecule has 0 aromatic heterocycles. The molecule has 0 atom stereocenters. The molecule has 1 aromatic rings. The molecule has 2 rings (SSSR count). The second-order valence-corrected chi connectivity index (χ2v) is 5.23. The predicted octanol–water partition coefficient (Wildman–Crippen LogP) is 3.87. The number of esters is 1.